The average molecular weight is 544 g/mol. The molecule has 10 heteroatoms. The number of aromatic nitrogens is 1. The second-order valence-electron chi connectivity index (χ2n) is 6.96. The number of nitrogens with one attached hydrogen (secondary N) is 1. The molecular formula is C20H29IN6O2S. The van der Waals surface area contributed by atoms with Crippen molar-refractivity contribution in [3.05, 3.63) is 54.2 Å². The molecule has 1 fully saturated rings. The number of hydrogen-bond donors (Lipinski definition) is 1. The minimum absolute atomic E-state index is 0. The van der Waals surface area contributed by atoms with Crippen LogP contribution in [0.1, 0.15) is 5.56 Å². The van der Waals surface area contributed by atoms with Crippen molar-refractivity contribution in [3.8, 4) is 0 Å². The van der Waals surface area contributed by atoms with Crippen LogP contribution in [0.25, 0.3) is 0 Å². The Kier molecular flexibility index (Phi) is 8.86. The highest BCUT2D eigenvalue weighted by Gasteiger charge is 2.23. The maximum absolute atomic E-state index is 12.6. The minimum Gasteiger partial charge on any atom is -0.353 e. The number of anilines is 1. The Bertz CT molecular complexity index is 945. The predicted octanol–water partition coefficient (Wildman–Crippen LogP) is 1.85. The van der Waals surface area contributed by atoms with Gasteiger partial charge in [-0.2, -0.15) is 0 Å². The van der Waals surface area contributed by atoms with E-state index in [2.05, 4.69) is 25.1 Å². The van der Waals surface area contributed by atoms with Gasteiger partial charge in [-0.3, -0.25) is 4.99 Å². The SMILES string of the molecule is CN=C(NCc1ccccc1S(=O)(=O)N(C)C)N1CCN(c2ccccn2)CC1.I. The van der Waals surface area contributed by atoms with Crippen molar-refractivity contribution >= 4 is 45.8 Å². The highest BCUT2D eigenvalue weighted by atomic mass is 127. The van der Waals surface area contributed by atoms with Crippen LogP contribution in [0, 0.1) is 0 Å². The molecule has 0 atom stereocenters. The number of rotatable bonds is 5. The van der Waals surface area contributed by atoms with Crippen molar-refractivity contribution in [2.75, 3.05) is 52.2 Å². The fourth-order valence-electron chi connectivity index (χ4n) is 3.29. The molecule has 0 spiro atoms. The summed E-state index contributed by atoms with van der Waals surface area (Å²) in [6.45, 7) is 3.71. The number of guanidine groups is 1. The molecule has 3 rings (SSSR count). The van der Waals surface area contributed by atoms with Gasteiger partial charge in [0.1, 0.15) is 5.82 Å². The van der Waals surface area contributed by atoms with E-state index in [1.807, 2.05) is 30.3 Å². The van der Waals surface area contributed by atoms with Gasteiger partial charge in [-0.25, -0.2) is 17.7 Å². The minimum atomic E-state index is -3.50. The lowest BCUT2D eigenvalue weighted by Gasteiger charge is -2.37. The molecule has 1 N–H and O–H groups in total. The summed E-state index contributed by atoms with van der Waals surface area (Å²) in [4.78, 5) is 13.6. The Morgan fingerprint density at radius 2 is 1.77 bits per heavy atom. The van der Waals surface area contributed by atoms with Gasteiger partial charge in [0.2, 0.25) is 10.0 Å². The first-order chi connectivity index (χ1) is 13.9. The lowest BCUT2D eigenvalue weighted by molar-refractivity contribution is 0.371. The van der Waals surface area contributed by atoms with Crippen LogP contribution in [0.3, 0.4) is 0 Å². The summed E-state index contributed by atoms with van der Waals surface area (Å²) in [5.74, 6) is 1.75. The van der Waals surface area contributed by atoms with Crippen molar-refractivity contribution in [1.82, 2.24) is 19.5 Å². The van der Waals surface area contributed by atoms with Gasteiger partial charge in [0.05, 0.1) is 4.90 Å². The van der Waals surface area contributed by atoms with Gasteiger partial charge < -0.3 is 15.1 Å². The quantitative estimate of drug-likeness (QED) is 0.352. The third-order valence-electron chi connectivity index (χ3n) is 4.93. The van der Waals surface area contributed by atoms with Crippen LogP contribution < -0.4 is 10.2 Å². The zero-order valence-corrected chi connectivity index (χ0v) is 20.7. The molecule has 1 aliphatic rings. The maximum atomic E-state index is 12.6. The van der Waals surface area contributed by atoms with Crippen molar-refractivity contribution in [2.24, 2.45) is 4.99 Å². The number of hydrogen-bond acceptors (Lipinski definition) is 5. The number of piperazine rings is 1. The summed E-state index contributed by atoms with van der Waals surface area (Å²) in [5.41, 5.74) is 0.717. The van der Waals surface area contributed by atoms with E-state index in [0.29, 0.717) is 11.4 Å². The molecule has 0 aliphatic carbocycles. The summed E-state index contributed by atoms with van der Waals surface area (Å²) in [7, 11) is 1.33. The summed E-state index contributed by atoms with van der Waals surface area (Å²) < 4.78 is 26.4. The zero-order chi connectivity index (χ0) is 20.9. The lowest BCUT2D eigenvalue weighted by atomic mass is 10.2. The number of benzene rings is 1. The van der Waals surface area contributed by atoms with Crippen LogP contribution in [-0.4, -0.2) is 75.9 Å². The second-order valence-corrected chi connectivity index (χ2v) is 9.08. The Hall–Kier alpha value is -1.92. The van der Waals surface area contributed by atoms with E-state index in [-0.39, 0.29) is 24.0 Å². The molecule has 2 aromatic rings. The first kappa shape index (κ1) is 24.4. The van der Waals surface area contributed by atoms with E-state index in [0.717, 1.165) is 43.5 Å². The van der Waals surface area contributed by atoms with Crippen molar-refractivity contribution < 1.29 is 8.42 Å². The van der Waals surface area contributed by atoms with Crippen LogP contribution in [-0.2, 0) is 16.6 Å². The smallest absolute Gasteiger partial charge is 0.242 e. The van der Waals surface area contributed by atoms with Gasteiger partial charge in [-0.15, -0.1) is 24.0 Å². The Morgan fingerprint density at radius 1 is 1.10 bits per heavy atom. The number of aliphatic imine (C=N–C) groups is 1. The van der Waals surface area contributed by atoms with Gasteiger partial charge in [0.25, 0.3) is 0 Å². The van der Waals surface area contributed by atoms with Crippen molar-refractivity contribution in [3.63, 3.8) is 0 Å². The van der Waals surface area contributed by atoms with Crippen molar-refractivity contribution in [2.45, 2.75) is 11.4 Å². The maximum Gasteiger partial charge on any atom is 0.242 e. The molecule has 1 aromatic carbocycles. The van der Waals surface area contributed by atoms with Crippen LogP contribution >= 0.6 is 24.0 Å². The molecule has 30 heavy (non-hydrogen) atoms. The van der Waals surface area contributed by atoms with Gasteiger partial charge >= 0.3 is 0 Å². The summed E-state index contributed by atoms with van der Waals surface area (Å²) >= 11 is 0. The second kappa shape index (κ2) is 10.9. The van der Waals surface area contributed by atoms with Crippen LogP contribution in [0.15, 0.2) is 58.5 Å². The molecule has 1 aliphatic heterocycles. The Balaban J connectivity index is 0.00000320. The summed E-state index contributed by atoms with van der Waals surface area (Å²) in [6, 6.07) is 13.0. The van der Waals surface area contributed by atoms with Crippen LogP contribution in [0.5, 0.6) is 0 Å². The van der Waals surface area contributed by atoms with E-state index in [4.69, 9.17) is 0 Å². The predicted molar refractivity (Wildman–Crippen MR) is 131 cm³/mol. The zero-order valence-electron chi connectivity index (χ0n) is 17.5. The molecule has 0 amide bonds. The molecule has 1 aromatic heterocycles. The number of halogens is 1. The van der Waals surface area contributed by atoms with Crippen molar-refractivity contribution in [1.29, 1.82) is 0 Å². The standard InChI is InChI=1S/C20H28N6O2S.HI/c1-21-20(26-14-12-25(13-15-26)19-10-6-7-11-22-19)23-16-17-8-4-5-9-18(17)29(27,28)24(2)3;/h4-11H,12-16H2,1-3H3,(H,21,23);1H. The molecule has 1 saturated heterocycles. The average Bonchev–Trinajstić information content (AvgIpc) is 2.75. The number of sulfonamides is 1. The Labute approximate surface area is 196 Å². The highest BCUT2D eigenvalue weighted by Crippen LogP contribution is 2.18. The molecule has 8 nitrogen and oxygen atoms in total. The first-order valence-electron chi connectivity index (χ1n) is 9.55. The van der Waals surface area contributed by atoms with E-state index >= 15 is 0 Å². The highest BCUT2D eigenvalue weighted by molar-refractivity contribution is 14.0. The van der Waals surface area contributed by atoms with E-state index in [9.17, 15) is 8.42 Å². The fourth-order valence-corrected chi connectivity index (χ4v) is 4.41. The van der Waals surface area contributed by atoms with Gasteiger partial charge in [0.15, 0.2) is 5.96 Å². The van der Waals surface area contributed by atoms with Crippen LogP contribution in [0.2, 0.25) is 0 Å². The molecule has 0 bridgehead atoms. The number of pyridine rings is 1. The van der Waals surface area contributed by atoms with E-state index in [1.54, 1.807) is 39.5 Å². The van der Waals surface area contributed by atoms with Gasteiger partial charge in [-0.1, -0.05) is 24.3 Å². The molecule has 0 saturated carbocycles. The largest absolute Gasteiger partial charge is 0.353 e. The molecular weight excluding hydrogens is 515 g/mol. The third kappa shape index (κ3) is 5.61. The Morgan fingerprint density at radius 3 is 2.37 bits per heavy atom. The first-order valence-corrected chi connectivity index (χ1v) is 11.0. The molecule has 2 heterocycles. The van der Waals surface area contributed by atoms with Gasteiger partial charge in [0, 0.05) is 60.1 Å². The lowest BCUT2D eigenvalue weighted by Crippen LogP contribution is -2.52. The monoisotopic (exact) mass is 544 g/mol. The summed E-state index contributed by atoms with van der Waals surface area (Å²) in [6.07, 6.45) is 1.81. The number of nitrogens with zero attached hydrogens (tertiary/aromatic N) is 5. The topological polar surface area (TPSA) is 81.1 Å². The van der Waals surface area contributed by atoms with Crippen LogP contribution in [0.4, 0.5) is 5.82 Å². The van der Waals surface area contributed by atoms with E-state index in [1.165, 1.54) is 4.31 Å². The third-order valence-corrected chi connectivity index (χ3v) is 6.85. The molecule has 0 unspecified atom stereocenters. The molecule has 164 valence electrons. The molecule has 0 radical (unpaired) electrons. The fraction of sp³-hybridized carbons (Fsp3) is 0.400. The summed E-state index contributed by atoms with van der Waals surface area (Å²) in [5, 5.41) is 3.32. The van der Waals surface area contributed by atoms with E-state index < -0.39 is 10.0 Å². The normalized spacial score (nSPS) is 15.1. The van der Waals surface area contributed by atoms with Gasteiger partial charge in [-0.05, 0) is 23.8 Å².